The zero-order valence-electron chi connectivity index (χ0n) is 15.5. The number of rotatable bonds is 12. The molecule has 0 radical (unpaired) electrons. The Morgan fingerprint density at radius 3 is 2.52 bits per heavy atom. The van der Waals surface area contributed by atoms with E-state index in [1.165, 1.54) is 32.1 Å². The summed E-state index contributed by atoms with van der Waals surface area (Å²) in [5, 5.41) is 6.71. The minimum absolute atomic E-state index is 0.343. The summed E-state index contributed by atoms with van der Waals surface area (Å²) in [4.78, 5) is 4.84. The third-order valence-corrected chi connectivity index (χ3v) is 4.60. The number of aliphatic imine (C=N–C) groups is 1. The van der Waals surface area contributed by atoms with E-state index in [1.807, 2.05) is 0 Å². The van der Waals surface area contributed by atoms with Crippen molar-refractivity contribution in [3.63, 3.8) is 0 Å². The molecule has 1 saturated carbocycles. The largest absolute Gasteiger partial charge is 0.385 e. The molecule has 0 atom stereocenters. The molecule has 0 spiro atoms. The number of hydrogen-bond acceptors (Lipinski definition) is 3. The highest BCUT2D eigenvalue weighted by molar-refractivity contribution is 5.79. The Morgan fingerprint density at radius 2 is 1.87 bits per heavy atom. The highest BCUT2D eigenvalue weighted by atomic mass is 16.5. The fourth-order valence-electron chi connectivity index (χ4n) is 3.11. The first-order chi connectivity index (χ1) is 11.3. The van der Waals surface area contributed by atoms with Gasteiger partial charge in [0.15, 0.2) is 5.96 Å². The lowest BCUT2D eigenvalue weighted by Crippen LogP contribution is -2.40. The molecule has 1 aliphatic rings. The second kappa shape index (κ2) is 12.6. The maximum atomic E-state index is 5.59. The molecule has 0 heterocycles. The Hall–Kier alpha value is -0.810. The van der Waals surface area contributed by atoms with Crippen LogP contribution in [0.1, 0.15) is 58.8 Å². The van der Waals surface area contributed by atoms with Crippen LogP contribution in [-0.2, 0) is 9.47 Å². The van der Waals surface area contributed by atoms with Crippen LogP contribution >= 0.6 is 0 Å². The Kier molecular flexibility index (Phi) is 11.1. The van der Waals surface area contributed by atoms with Crippen LogP contribution in [-0.4, -0.2) is 52.5 Å². The van der Waals surface area contributed by atoms with Gasteiger partial charge in [-0.15, -0.1) is 0 Å². The van der Waals surface area contributed by atoms with E-state index in [0.717, 1.165) is 58.3 Å². The topological polar surface area (TPSA) is 54.9 Å². The van der Waals surface area contributed by atoms with Crippen LogP contribution in [0.25, 0.3) is 0 Å². The van der Waals surface area contributed by atoms with Gasteiger partial charge in [-0.3, -0.25) is 4.99 Å². The lowest BCUT2D eigenvalue weighted by Gasteiger charge is -2.27. The number of nitrogens with one attached hydrogen (secondary N) is 2. The molecule has 5 nitrogen and oxygen atoms in total. The predicted molar refractivity (Wildman–Crippen MR) is 97.1 cm³/mol. The van der Waals surface area contributed by atoms with E-state index in [9.17, 15) is 0 Å². The molecule has 0 aromatic carbocycles. The number of hydrogen-bond donors (Lipinski definition) is 2. The molecular formula is C18H37N3O2. The molecule has 0 aliphatic heterocycles. The Balaban J connectivity index is 2.39. The summed E-state index contributed by atoms with van der Waals surface area (Å²) in [6.45, 7) is 9.29. The maximum absolute atomic E-state index is 5.59. The van der Waals surface area contributed by atoms with E-state index in [1.54, 1.807) is 7.11 Å². The van der Waals surface area contributed by atoms with Gasteiger partial charge in [0.1, 0.15) is 0 Å². The van der Waals surface area contributed by atoms with E-state index in [2.05, 4.69) is 24.5 Å². The van der Waals surface area contributed by atoms with Crippen LogP contribution < -0.4 is 10.6 Å². The SMILES string of the molecule is CCCCOCCNC(=NCC1(CCOC)CCCC1)NCC. The quantitative estimate of drug-likeness (QED) is 0.329. The van der Waals surface area contributed by atoms with Crippen molar-refractivity contribution in [1.29, 1.82) is 0 Å². The number of unbranched alkanes of at least 4 members (excludes halogenated alkanes) is 1. The van der Waals surface area contributed by atoms with Crippen LogP contribution in [0.4, 0.5) is 0 Å². The molecule has 1 rings (SSSR count). The van der Waals surface area contributed by atoms with Crippen LogP contribution in [0.15, 0.2) is 4.99 Å². The average Bonchev–Trinajstić information content (AvgIpc) is 3.03. The monoisotopic (exact) mass is 327 g/mol. The first kappa shape index (κ1) is 20.2. The molecule has 0 bridgehead atoms. The number of ether oxygens (including phenoxy) is 2. The summed E-state index contributed by atoms with van der Waals surface area (Å²) in [6.07, 6.45) is 8.64. The third kappa shape index (κ3) is 8.56. The lowest BCUT2D eigenvalue weighted by atomic mass is 9.83. The van der Waals surface area contributed by atoms with Gasteiger partial charge in [0.05, 0.1) is 6.61 Å². The summed E-state index contributed by atoms with van der Waals surface area (Å²) in [5.41, 5.74) is 0.343. The molecular weight excluding hydrogens is 290 g/mol. The summed E-state index contributed by atoms with van der Waals surface area (Å²) in [5.74, 6) is 0.912. The molecule has 0 aromatic rings. The molecule has 1 fully saturated rings. The fraction of sp³-hybridized carbons (Fsp3) is 0.944. The molecule has 2 N–H and O–H groups in total. The van der Waals surface area contributed by atoms with Crippen LogP contribution in [0.3, 0.4) is 0 Å². The van der Waals surface area contributed by atoms with Gasteiger partial charge in [-0.2, -0.15) is 0 Å². The Morgan fingerprint density at radius 1 is 1.09 bits per heavy atom. The van der Waals surface area contributed by atoms with Gasteiger partial charge < -0.3 is 20.1 Å². The van der Waals surface area contributed by atoms with Crippen molar-refractivity contribution in [2.24, 2.45) is 10.4 Å². The highest BCUT2D eigenvalue weighted by Gasteiger charge is 2.33. The molecule has 0 amide bonds. The van der Waals surface area contributed by atoms with Crippen LogP contribution in [0, 0.1) is 5.41 Å². The van der Waals surface area contributed by atoms with Crippen molar-refractivity contribution in [2.75, 3.05) is 46.6 Å². The van der Waals surface area contributed by atoms with Gasteiger partial charge in [-0.1, -0.05) is 26.2 Å². The van der Waals surface area contributed by atoms with Crippen molar-refractivity contribution in [3.8, 4) is 0 Å². The molecule has 1 aliphatic carbocycles. The van der Waals surface area contributed by atoms with Gasteiger partial charge in [0.2, 0.25) is 0 Å². The minimum atomic E-state index is 0.343. The van der Waals surface area contributed by atoms with Crippen LogP contribution in [0.2, 0.25) is 0 Å². The smallest absolute Gasteiger partial charge is 0.191 e. The third-order valence-electron chi connectivity index (χ3n) is 4.60. The predicted octanol–water partition coefficient (Wildman–Crippen LogP) is 2.96. The normalized spacial score (nSPS) is 17.4. The first-order valence-corrected chi connectivity index (χ1v) is 9.35. The second-order valence-corrected chi connectivity index (χ2v) is 6.54. The minimum Gasteiger partial charge on any atom is -0.385 e. The van der Waals surface area contributed by atoms with Gasteiger partial charge in [0, 0.05) is 40.0 Å². The molecule has 0 aromatic heterocycles. The second-order valence-electron chi connectivity index (χ2n) is 6.54. The van der Waals surface area contributed by atoms with E-state index < -0.39 is 0 Å². The van der Waals surface area contributed by atoms with E-state index in [-0.39, 0.29) is 0 Å². The summed E-state index contributed by atoms with van der Waals surface area (Å²) in [7, 11) is 1.79. The average molecular weight is 328 g/mol. The Labute approximate surface area is 142 Å². The van der Waals surface area contributed by atoms with Gasteiger partial charge >= 0.3 is 0 Å². The van der Waals surface area contributed by atoms with Crippen molar-refractivity contribution in [2.45, 2.75) is 58.8 Å². The van der Waals surface area contributed by atoms with Crippen molar-refractivity contribution < 1.29 is 9.47 Å². The van der Waals surface area contributed by atoms with E-state index in [0.29, 0.717) is 5.41 Å². The van der Waals surface area contributed by atoms with Gasteiger partial charge in [0.25, 0.3) is 0 Å². The number of guanidine groups is 1. The van der Waals surface area contributed by atoms with Crippen LogP contribution in [0.5, 0.6) is 0 Å². The Bertz CT molecular complexity index is 315. The summed E-state index contributed by atoms with van der Waals surface area (Å²) in [6, 6.07) is 0. The molecule has 23 heavy (non-hydrogen) atoms. The summed E-state index contributed by atoms with van der Waals surface area (Å²) < 4.78 is 10.9. The standard InChI is InChI=1S/C18H37N3O2/c1-4-6-13-23-15-12-20-17(19-5-2)21-16-18(11-14-22-3)9-7-8-10-18/h4-16H2,1-3H3,(H2,19,20,21). The van der Waals surface area contributed by atoms with Crippen molar-refractivity contribution in [1.82, 2.24) is 10.6 Å². The molecule has 5 heteroatoms. The molecule has 0 unspecified atom stereocenters. The highest BCUT2D eigenvalue weighted by Crippen LogP contribution is 2.41. The molecule has 136 valence electrons. The summed E-state index contributed by atoms with van der Waals surface area (Å²) >= 11 is 0. The van der Waals surface area contributed by atoms with Crippen molar-refractivity contribution in [3.05, 3.63) is 0 Å². The first-order valence-electron chi connectivity index (χ1n) is 9.35. The van der Waals surface area contributed by atoms with Gasteiger partial charge in [-0.05, 0) is 38.0 Å². The number of nitrogens with zero attached hydrogens (tertiary/aromatic N) is 1. The molecule has 0 saturated heterocycles. The fourth-order valence-corrected chi connectivity index (χ4v) is 3.11. The van der Waals surface area contributed by atoms with E-state index in [4.69, 9.17) is 14.5 Å². The zero-order chi connectivity index (χ0) is 16.8. The number of methoxy groups -OCH3 is 1. The zero-order valence-corrected chi connectivity index (χ0v) is 15.5. The van der Waals surface area contributed by atoms with Crippen molar-refractivity contribution >= 4 is 5.96 Å². The van der Waals surface area contributed by atoms with Gasteiger partial charge in [-0.25, -0.2) is 0 Å². The maximum Gasteiger partial charge on any atom is 0.191 e. The van der Waals surface area contributed by atoms with E-state index >= 15 is 0 Å². The lowest BCUT2D eigenvalue weighted by molar-refractivity contribution is 0.135.